The van der Waals surface area contributed by atoms with Crippen molar-refractivity contribution in [2.24, 2.45) is 0 Å². The lowest BCUT2D eigenvalue weighted by Crippen LogP contribution is -2.36. The Balaban J connectivity index is 1.65. The molecule has 2 aromatic rings. The highest BCUT2D eigenvalue weighted by Crippen LogP contribution is 2.29. The van der Waals surface area contributed by atoms with Crippen molar-refractivity contribution in [3.05, 3.63) is 59.2 Å². The van der Waals surface area contributed by atoms with Crippen molar-refractivity contribution in [1.82, 2.24) is 5.32 Å². The number of amides is 1. The summed E-state index contributed by atoms with van der Waals surface area (Å²) in [6, 6.07) is 13.5. The van der Waals surface area contributed by atoms with E-state index >= 15 is 0 Å². The van der Waals surface area contributed by atoms with Crippen molar-refractivity contribution in [3.63, 3.8) is 0 Å². The van der Waals surface area contributed by atoms with Gasteiger partial charge < -0.3 is 10.2 Å². The van der Waals surface area contributed by atoms with Gasteiger partial charge in [0.1, 0.15) is 0 Å². The molecule has 1 heterocycles. The monoisotopic (exact) mass is 415 g/mol. The number of hydrogen-bond acceptors (Lipinski definition) is 4. The molecule has 156 valence electrons. The highest BCUT2D eigenvalue weighted by molar-refractivity contribution is 7.92. The maximum absolute atomic E-state index is 12.6. The van der Waals surface area contributed by atoms with E-state index in [4.69, 9.17) is 0 Å². The number of nitrogens with one attached hydrogen (secondary N) is 1. The zero-order chi connectivity index (χ0) is 21.0. The normalized spacial score (nSPS) is 13.7. The average Bonchev–Trinajstić information content (AvgIpc) is 2.70. The maximum atomic E-state index is 12.6. The summed E-state index contributed by atoms with van der Waals surface area (Å²) in [7, 11) is -3.30. The first-order chi connectivity index (χ1) is 13.8. The summed E-state index contributed by atoms with van der Waals surface area (Å²) in [6.07, 6.45) is 2.75. The van der Waals surface area contributed by atoms with Crippen molar-refractivity contribution >= 4 is 27.3 Å². The number of sulfonamides is 1. The maximum Gasteiger partial charge on any atom is 0.251 e. The number of hydrogen-bond donors (Lipinski definition) is 1. The number of benzene rings is 2. The number of nitrogens with zero attached hydrogens (tertiary/aromatic N) is 2. The van der Waals surface area contributed by atoms with E-state index in [1.165, 1.54) is 21.8 Å². The van der Waals surface area contributed by atoms with Gasteiger partial charge >= 0.3 is 0 Å². The molecule has 0 fully saturated rings. The summed E-state index contributed by atoms with van der Waals surface area (Å²) in [5.41, 5.74) is 4.55. The molecule has 0 saturated heterocycles. The molecular weight excluding hydrogens is 386 g/mol. The molecule has 0 spiro atoms. The molecular formula is C22H29N3O3S. The molecule has 0 atom stereocenters. The highest BCUT2D eigenvalue weighted by atomic mass is 32.2. The smallest absolute Gasteiger partial charge is 0.251 e. The molecule has 29 heavy (non-hydrogen) atoms. The van der Waals surface area contributed by atoms with Gasteiger partial charge in [-0.2, -0.15) is 0 Å². The van der Waals surface area contributed by atoms with Gasteiger partial charge in [-0.1, -0.05) is 18.2 Å². The molecule has 0 saturated carbocycles. The first-order valence-corrected chi connectivity index (χ1v) is 11.9. The van der Waals surface area contributed by atoms with Gasteiger partial charge in [0, 0.05) is 37.4 Å². The van der Waals surface area contributed by atoms with Crippen LogP contribution in [0.15, 0.2) is 42.5 Å². The van der Waals surface area contributed by atoms with E-state index in [1.807, 2.05) is 18.2 Å². The van der Waals surface area contributed by atoms with Crippen molar-refractivity contribution in [1.29, 1.82) is 0 Å². The first kappa shape index (κ1) is 21.2. The first-order valence-electron chi connectivity index (χ1n) is 10.0. The minimum absolute atomic E-state index is 0.134. The number of carbonyl (C=O) groups excluding carboxylic acids is 1. The van der Waals surface area contributed by atoms with E-state index in [0.717, 1.165) is 31.5 Å². The zero-order valence-corrected chi connectivity index (χ0v) is 18.1. The van der Waals surface area contributed by atoms with Gasteiger partial charge in [-0.25, -0.2) is 8.42 Å². The molecule has 1 aliphatic rings. The third-order valence-corrected chi connectivity index (χ3v) is 6.50. The SMILES string of the molecule is CCN(CCNC(=O)c1ccc2c(c1)CCCN2S(C)(=O)=O)c1ccccc1C. The lowest BCUT2D eigenvalue weighted by Gasteiger charge is -2.29. The van der Waals surface area contributed by atoms with Crippen LogP contribution in [0.3, 0.4) is 0 Å². The van der Waals surface area contributed by atoms with Crippen molar-refractivity contribution in [2.45, 2.75) is 26.7 Å². The van der Waals surface area contributed by atoms with E-state index in [9.17, 15) is 13.2 Å². The van der Waals surface area contributed by atoms with Crippen LogP contribution in [0.5, 0.6) is 0 Å². The second kappa shape index (κ2) is 8.86. The Labute approximate surface area is 173 Å². The molecule has 3 rings (SSSR count). The Morgan fingerprint density at radius 1 is 1.21 bits per heavy atom. The molecule has 0 aliphatic carbocycles. The number of likely N-dealkylation sites (N-methyl/N-ethyl adjacent to an activating group) is 1. The summed E-state index contributed by atoms with van der Waals surface area (Å²) >= 11 is 0. The summed E-state index contributed by atoms with van der Waals surface area (Å²) in [5.74, 6) is -0.134. The fourth-order valence-electron chi connectivity index (χ4n) is 3.82. The minimum Gasteiger partial charge on any atom is -0.370 e. The van der Waals surface area contributed by atoms with E-state index < -0.39 is 10.0 Å². The van der Waals surface area contributed by atoms with Crippen LogP contribution in [-0.2, 0) is 16.4 Å². The van der Waals surface area contributed by atoms with E-state index in [0.29, 0.717) is 24.3 Å². The number of aryl methyl sites for hydroxylation is 2. The lowest BCUT2D eigenvalue weighted by molar-refractivity contribution is 0.0954. The van der Waals surface area contributed by atoms with Crippen LogP contribution in [0.1, 0.15) is 34.8 Å². The van der Waals surface area contributed by atoms with Crippen molar-refractivity contribution < 1.29 is 13.2 Å². The zero-order valence-electron chi connectivity index (χ0n) is 17.3. The van der Waals surface area contributed by atoms with Crippen LogP contribution in [-0.4, -0.2) is 46.8 Å². The predicted molar refractivity (Wildman–Crippen MR) is 118 cm³/mol. The number of para-hydroxylation sites is 1. The number of fused-ring (bicyclic) bond motifs is 1. The van der Waals surface area contributed by atoms with E-state index in [-0.39, 0.29) is 5.91 Å². The van der Waals surface area contributed by atoms with Gasteiger partial charge in [0.15, 0.2) is 0 Å². The van der Waals surface area contributed by atoms with Gasteiger partial charge in [0.2, 0.25) is 10.0 Å². The van der Waals surface area contributed by atoms with Crippen LogP contribution < -0.4 is 14.5 Å². The van der Waals surface area contributed by atoms with Gasteiger partial charge in [0.25, 0.3) is 5.91 Å². The summed E-state index contributed by atoms with van der Waals surface area (Å²) in [6.45, 7) is 6.80. The highest BCUT2D eigenvalue weighted by Gasteiger charge is 2.24. The van der Waals surface area contributed by atoms with Gasteiger partial charge in [-0.05, 0) is 62.1 Å². The molecule has 1 aliphatic heterocycles. The van der Waals surface area contributed by atoms with E-state index in [1.54, 1.807) is 12.1 Å². The van der Waals surface area contributed by atoms with Gasteiger partial charge in [-0.3, -0.25) is 9.10 Å². The number of carbonyl (C=O) groups is 1. The molecule has 0 radical (unpaired) electrons. The van der Waals surface area contributed by atoms with Gasteiger partial charge in [0.05, 0.1) is 11.9 Å². The second-order valence-electron chi connectivity index (χ2n) is 7.40. The number of anilines is 2. The number of rotatable bonds is 7. The van der Waals surface area contributed by atoms with E-state index in [2.05, 4.69) is 36.2 Å². The molecule has 7 heteroatoms. The van der Waals surface area contributed by atoms with Crippen LogP contribution >= 0.6 is 0 Å². The minimum atomic E-state index is -3.30. The predicted octanol–water partition coefficient (Wildman–Crippen LogP) is 2.96. The average molecular weight is 416 g/mol. The third-order valence-electron chi connectivity index (χ3n) is 5.32. The quantitative estimate of drug-likeness (QED) is 0.755. The molecule has 2 aromatic carbocycles. The lowest BCUT2D eigenvalue weighted by atomic mass is 10.0. The van der Waals surface area contributed by atoms with Crippen molar-refractivity contribution in [3.8, 4) is 0 Å². The Kier molecular flexibility index (Phi) is 6.47. The molecule has 0 bridgehead atoms. The molecule has 1 N–H and O–H groups in total. The van der Waals surface area contributed by atoms with Crippen LogP contribution in [0.25, 0.3) is 0 Å². The summed E-state index contributed by atoms with van der Waals surface area (Å²) in [4.78, 5) is 14.9. The Hall–Kier alpha value is -2.54. The fraction of sp³-hybridized carbons (Fsp3) is 0.409. The molecule has 1 amide bonds. The Morgan fingerprint density at radius 3 is 2.66 bits per heavy atom. The second-order valence-corrected chi connectivity index (χ2v) is 9.31. The molecule has 0 aromatic heterocycles. The van der Waals surface area contributed by atoms with Gasteiger partial charge in [-0.15, -0.1) is 0 Å². The largest absolute Gasteiger partial charge is 0.370 e. The van der Waals surface area contributed by atoms with Crippen LogP contribution in [0.4, 0.5) is 11.4 Å². The van der Waals surface area contributed by atoms with Crippen LogP contribution in [0.2, 0.25) is 0 Å². The topological polar surface area (TPSA) is 69.7 Å². The fourth-order valence-corrected chi connectivity index (χ4v) is 4.82. The Bertz CT molecular complexity index is 989. The summed E-state index contributed by atoms with van der Waals surface area (Å²) < 4.78 is 25.4. The summed E-state index contributed by atoms with van der Waals surface area (Å²) in [5, 5.41) is 2.99. The van der Waals surface area contributed by atoms with Crippen molar-refractivity contribution in [2.75, 3.05) is 41.6 Å². The molecule has 6 nitrogen and oxygen atoms in total. The third kappa shape index (κ3) is 4.90. The molecule has 0 unspecified atom stereocenters. The Morgan fingerprint density at radius 2 is 1.97 bits per heavy atom. The standard InChI is InChI=1S/C22H29N3O3S/c1-4-24(20-10-6-5-8-17(20)2)15-13-23-22(26)19-11-12-21-18(16-19)9-7-14-25(21)29(3,27)28/h5-6,8,10-12,16H,4,7,9,13-15H2,1-3H3,(H,23,26). The van der Waals surface area contributed by atoms with Crippen LogP contribution in [0, 0.1) is 6.92 Å².